The van der Waals surface area contributed by atoms with E-state index in [2.05, 4.69) is 44.4 Å². The van der Waals surface area contributed by atoms with Gasteiger partial charge in [-0.25, -0.2) is 9.59 Å². The van der Waals surface area contributed by atoms with Crippen molar-refractivity contribution in [3.63, 3.8) is 0 Å². The summed E-state index contributed by atoms with van der Waals surface area (Å²) in [5, 5.41) is 0. The van der Waals surface area contributed by atoms with Crippen LogP contribution in [0.15, 0.2) is 42.5 Å². The Labute approximate surface area is 234 Å². The van der Waals surface area contributed by atoms with Gasteiger partial charge in [0.1, 0.15) is 19.0 Å². The number of unbranched alkanes of at least 4 members (excludes halogenated alkanes) is 1. The highest BCUT2D eigenvalue weighted by Gasteiger charge is 2.11. The highest BCUT2D eigenvalue weighted by molar-refractivity contribution is 5.91. The van der Waals surface area contributed by atoms with Crippen molar-refractivity contribution < 1.29 is 23.8 Å². The van der Waals surface area contributed by atoms with Crippen molar-refractivity contribution in [3.8, 4) is 5.75 Å². The van der Waals surface area contributed by atoms with Crippen molar-refractivity contribution in [3.05, 3.63) is 53.6 Å². The predicted octanol–water partition coefficient (Wildman–Crippen LogP) is 4.71. The topological polar surface area (TPSA) is 120 Å². The smallest absolute Gasteiger partial charge is 0.338 e. The van der Waals surface area contributed by atoms with E-state index in [0.29, 0.717) is 48.1 Å². The first-order chi connectivity index (χ1) is 18.8. The van der Waals surface area contributed by atoms with Gasteiger partial charge in [-0.1, -0.05) is 41.0 Å². The standard InChI is InChI=1S/C17H28N2O3.C13H20N2O2/c1-4-7-11-21-16-13-14(8-9-15(16)18)17(20)22-12-10-19(5-2)6-3;1-3-15(4-2)9-10-17-13(16)11-5-7-12(14)8-6-11/h8-9,13H,4-7,10-12,18H2,1-3H3;5-8H,3-4,9-10,14H2,1-2H3. The van der Waals surface area contributed by atoms with Crippen LogP contribution in [0.1, 0.15) is 68.2 Å². The van der Waals surface area contributed by atoms with Gasteiger partial charge in [-0.3, -0.25) is 0 Å². The van der Waals surface area contributed by atoms with Gasteiger partial charge in [0, 0.05) is 18.8 Å². The number of nitrogens with zero attached hydrogens (tertiary/aromatic N) is 2. The SMILES string of the molecule is CCCCOc1cc(C(=O)OCCN(CC)CC)ccc1N.CCN(CC)CCOC(=O)c1ccc(N)cc1. The second-order valence-corrected chi connectivity index (χ2v) is 8.90. The van der Waals surface area contributed by atoms with E-state index in [1.54, 1.807) is 42.5 Å². The van der Waals surface area contributed by atoms with Crippen molar-refractivity contribution >= 4 is 23.3 Å². The average molecular weight is 545 g/mol. The molecule has 0 saturated heterocycles. The van der Waals surface area contributed by atoms with Crippen LogP contribution in [0.25, 0.3) is 0 Å². The fourth-order valence-electron chi connectivity index (χ4n) is 3.51. The average Bonchev–Trinajstić information content (AvgIpc) is 2.95. The van der Waals surface area contributed by atoms with Gasteiger partial charge in [-0.2, -0.15) is 0 Å². The van der Waals surface area contributed by atoms with Crippen LogP contribution in [0.4, 0.5) is 11.4 Å². The van der Waals surface area contributed by atoms with Crippen LogP contribution in [-0.4, -0.2) is 80.8 Å². The summed E-state index contributed by atoms with van der Waals surface area (Å²) in [5.41, 5.74) is 13.6. The first-order valence-corrected chi connectivity index (χ1v) is 14.0. The van der Waals surface area contributed by atoms with Crippen molar-refractivity contribution in [1.29, 1.82) is 0 Å². The molecule has 0 heterocycles. The molecule has 0 atom stereocenters. The molecule has 4 N–H and O–H groups in total. The Morgan fingerprint density at radius 1 is 0.692 bits per heavy atom. The minimum absolute atomic E-state index is 0.294. The number of ether oxygens (including phenoxy) is 3. The van der Waals surface area contributed by atoms with Crippen LogP contribution in [0.2, 0.25) is 0 Å². The molecule has 0 saturated carbocycles. The number of likely N-dealkylation sites (N-methyl/N-ethyl adjacent to an activating group) is 2. The molecule has 2 aromatic carbocycles. The normalized spacial score (nSPS) is 10.6. The third kappa shape index (κ3) is 13.4. The molecular formula is C30H48N4O5. The number of rotatable bonds is 16. The number of carbonyl (C=O) groups is 2. The van der Waals surface area contributed by atoms with E-state index in [0.717, 1.165) is 52.1 Å². The van der Waals surface area contributed by atoms with Crippen LogP contribution >= 0.6 is 0 Å². The van der Waals surface area contributed by atoms with Crippen LogP contribution < -0.4 is 16.2 Å². The van der Waals surface area contributed by atoms with Crippen molar-refractivity contribution in [2.75, 3.05) is 70.6 Å². The van der Waals surface area contributed by atoms with Crippen LogP contribution in [-0.2, 0) is 9.47 Å². The summed E-state index contributed by atoms with van der Waals surface area (Å²) in [7, 11) is 0. The monoisotopic (exact) mass is 544 g/mol. The molecule has 2 rings (SSSR count). The Kier molecular flexibility index (Phi) is 17.1. The first kappa shape index (κ1) is 33.7. The molecule has 0 radical (unpaired) electrons. The Bertz CT molecular complexity index is 960. The van der Waals surface area contributed by atoms with E-state index in [1.165, 1.54) is 0 Å². The van der Waals surface area contributed by atoms with Gasteiger partial charge in [0.25, 0.3) is 0 Å². The summed E-state index contributed by atoms with van der Waals surface area (Å²) in [6.45, 7) is 17.2. The lowest BCUT2D eigenvalue weighted by molar-refractivity contribution is 0.0457. The Morgan fingerprint density at radius 3 is 1.67 bits per heavy atom. The van der Waals surface area contributed by atoms with Gasteiger partial charge in [-0.15, -0.1) is 0 Å². The maximum atomic E-state index is 12.1. The summed E-state index contributed by atoms with van der Waals surface area (Å²) in [6, 6.07) is 11.8. The van der Waals surface area contributed by atoms with E-state index in [4.69, 9.17) is 25.7 Å². The van der Waals surface area contributed by atoms with Crippen LogP contribution in [0, 0.1) is 0 Å². The minimum Gasteiger partial charge on any atom is -0.491 e. The van der Waals surface area contributed by atoms with E-state index in [1.807, 2.05) is 0 Å². The third-order valence-corrected chi connectivity index (χ3v) is 6.22. The number of hydrogen-bond donors (Lipinski definition) is 2. The Hall–Kier alpha value is -3.30. The lowest BCUT2D eigenvalue weighted by Gasteiger charge is -2.17. The van der Waals surface area contributed by atoms with Gasteiger partial charge >= 0.3 is 11.9 Å². The van der Waals surface area contributed by atoms with Crippen LogP contribution in [0.5, 0.6) is 5.75 Å². The molecule has 0 aliphatic carbocycles. The molecule has 2 aromatic rings. The molecule has 0 aromatic heterocycles. The largest absolute Gasteiger partial charge is 0.491 e. The van der Waals surface area contributed by atoms with Gasteiger partial charge < -0.3 is 35.5 Å². The number of benzene rings is 2. The zero-order valence-corrected chi connectivity index (χ0v) is 24.4. The van der Waals surface area contributed by atoms with Gasteiger partial charge in [0.15, 0.2) is 0 Å². The van der Waals surface area contributed by atoms with Gasteiger partial charge in [0.2, 0.25) is 0 Å². The number of nitrogen functional groups attached to an aromatic ring is 2. The van der Waals surface area contributed by atoms with Crippen LogP contribution in [0.3, 0.4) is 0 Å². The fraction of sp³-hybridized carbons (Fsp3) is 0.533. The second kappa shape index (κ2) is 19.7. The van der Waals surface area contributed by atoms with Crippen molar-refractivity contribution in [2.45, 2.75) is 47.5 Å². The highest BCUT2D eigenvalue weighted by atomic mass is 16.5. The molecule has 0 spiro atoms. The molecular weight excluding hydrogens is 496 g/mol. The zero-order chi connectivity index (χ0) is 29.0. The molecule has 9 nitrogen and oxygen atoms in total. The minimum atomic E-state index is -0.340. The summed E-state index contributed by atoms with van der Waals surface area (Å²) in [5.74, 6) is -0.0868. The number of nitrogens with two attached hydrogens (primary N) is 2. The molecule has 0 amide bonds. The second-order valence-electron chi connectivity index (χ2n) is 8.90. The molecule has 0 unspecified atom stereocenters. The molecule has 218 valence electrons. The maximum absolute atomic E-state index is 12.1. The maximum Gasteiger partial charge on any atom is 0.338 e. The number of carbonyl (C=O) groups excluding carboxylic acids is 2. The number of hydrogen-bond acceptors (Lipinski definition) is 9. The van der Waals surface area contributed by atoms with E-state index < -0.39 is 0 Å². The first-order valence-electron chi connectivity index (χ1n) is 14.0. The summed E-state index contributed by atoms with van der Waals surface area (Å²) < 4.78 is 16.1. The third-order valence-electron chi connectivity index (χ3n) is 6.22. The highest BCUT2D eigenvalue weighted by Crippen LogP contribution is 2.23. The van der Waals surface area contributed by atoms with Gasteiger partial charge in [0.05, 0.1) is 23.4 Å². The van der Waals surface area contributed by atoms with E-state index in [-0.39, 0.29) is 11.9 Å². The summed E-state index contributed by atoms with van der Waals surface area (Å²) in [4.78, 5) is 28.1. The predicted molar refractivity (Wildman–Crippen MR) is 158 cm³/mol. The fourth-order valence-corrected chi connectivity index (χ4v) is 3.51. The van der Waals surface area contributed by atoms with Gasteiger partial charge in [-0.05, 0) is 75.1 Å². The lowest BCUT2D eigenvalue weighted by atomic mass is 10.2. The Morgan fingerprint density at radius 2 is 1.18 bits per heavy atom. The Balaban J connectivity index is 0.000000403. The number of anilines is 2. The van der Waals surface area contributed by atoms with E-state index in [9.17, 15) is 9.59 Å². The molecule has 39 heavy (non-hydrogen) atoms. The summed E-state index contributed by atoms with van der Waals surface area (Å²) in [6.07, 6.45) is 2.00. The molecule has 0 aliphatic rings. The molecule has 0 bridgehead atoms. The molecule has 0 fully saturated rings. The lowest BCUT2D eigenvalue weighted by Crippen LogP contribution is -2.27. The molecule has 0 aliphatic heterocycles. The number of esters is 2. The summed E-state index contributed by atoms with van der Waals surface area (Å²) >= 11 is 0. The van der Waals surface area contributed by atoms with Crippen molar-refractivity contribution in [1.82, 2.24) is 9.80 Å². The van der Waals surface area contributed by atoms with Crippen molar-refractivity contribution in [2.24, 2.45) is 0 Å². The quantitative estimate of drug-likeness (QED) is 0.176. The van der Waals surface area contributed by atoms with E-state index >= 15 is 0 Å². The zero-order valence-electron chi connectivity index (χ0n) is 24.4. The molecule has 9 heteroatoms.